The maximum Gasteiger partial charge on any atom is 0.167 e. The summed E-state index contributed by atoms with van der Waals surface area (Å²) >= 11 is 3.35. The van der Waals surface area contributed by atoms with Crippen LogP contribution in [0.3, 0.4) is 0 Å². The maximum absolute atomic E-state index is 11.5. The fourth-order valence-electron chi connectivity index (χ4n) is 1.09. The molecule has 0 heterocycles. The molecule has 0 bridgehead atoms. The first-order chi connectivity index (χ1) is 6.15. The van der Waals surface area contributed by atoms with Gasteiger partial charge in [-0.2, -0.15) is 0 Å². The molecule has 0 atom stereocenters. The van der Waals surface area contributed by atoms with Crippen LogP contribution < -0.4 is 0 Å². The van der Waals surface area contributed by atoms with Gasteiger partial charge in [-0.25, -0.2) is 0 Å². The maximum atomic E-state index is 11.5. The largest absolute Gasteiger partial charge is 0.294 e. The number of hydrogen-bond acceptors (Lipinski definition) is 1. The molecule has 0 spiro atoms. The molecular formula is C11H11BrO. The molecule has 0 fully saturated rings. The predicted octanol–water partition coefficient (Wildman–Crippen LogP) is 3.52. The minimum atomic E-state index is 0.102. The van der Waals surface area contributed by atoms with Crippen molar-refractivity contribution < 1.29 is 4.79 Å². The van der Waals surface area contributed by atoms with Crippen LogP contribution in [0.5, 0.6) is 0 Å². The molecule has 68 valence electrons. The van der Waals surface area contributed by atoms with Gasteiger partial charge in [0.15, 0.2) is 5.78 Å². The summed E-state index contributed by atoms with van der Waals surface area (Å²) in [6.07, 6.45) is 2.01. The Hall–Kier alpha value is -0.890. The van der Waals surface area contributed by atoms with Gasteiger partial charge in [0.2, 0.25) is 0 Å². The lowest BCUT2D eigenvalue weighted by molar-refractivity contribution is 0.0995. The normalized spacial score (nSPS) is 9.69. The van der Waals surface area contributed by atoms with E-state index in [1.165, 1.54) is 0 Å². The molecule has 0 unspecified atom stereocenters. The molecule has 1 nitrogen and oxygen atoms in total. The highest BCUT2D eigenvalue weighted by atomic mass is 79.9. The van der Waals surface area contributed by atoms with Crippen LogP contribution in [-0.2, 0) is 0 Å². The monoisotopic (exact) mass is 238 g/mol. The van der Waals surface area contributed by atoms with Crippen LogP contribution in [0.2, 0.25) is 0 Å². The first-order valence-electron chi connectivity index (χ1n) is 4.05. The van der Waals surface area contributed by atoms with Gasteiger partial charge in [-0.3, -0.25) is 4.79 Å². The highest BCUT2D eigenvalue weighted by Crippen LogP contribution is 2.19. The Morgan fingerprint density at radius 2 is 2.31 bits per heavy atom. The quantitative estimate of drug-likeness (QED) is 0.582. The van der Waals surface area contributed by atoms with E-state index < -0.39 is 0 Å². The second-order valence-corrected chi connectivity index (χ2v) is 3.75. The van der Waals surface area contributed by atoms with E-state index in [0.717, 1.165) is 15.6 Å². The molecule has 0 aliphatic rings. The highest BCUT2D eigenvalue weighted by molar-refractivity contribution is 9.10. The van der Waals surface area contributed by atoms with E-state index in [-0.39, 0.29) is 5.78 Å². The van der Waals surface area contributed by atoms with E-state index in [0.29, 0.717) is 6.42 Å². The van der Waals surface area contributed by atoms with Crippen LogP contribution in [0.25, 0.3) is 0 Å². The van der Waals surface area contributed by atoms with E-state index in [1.54, 1.807) is 6.08 Å². The van der Waals surface area contributed by atoms with Crippen LogP contribution in [0.1, 0.15) is 22.3 Å². The lowest BCUT2D eigenvalue weighted by Gasteiger charge is -2.02. The second kappa shape index (κ2) is 4.38. The Morgan fingerprint density at radius 1 is 1.62 bits per heavy atom. The van der Waals surface area contributed by atoms with Crippen molar-refractivity contribution in [2.45, 2.75) is 13.3 Å². The molecule has 0 saturated heterocycles. The van der Waals surface area contributed by atoms with Crippen LogP contribution in [0, 0.1) is 6.92 Å². The zero-order valence-electron chi connectivity index (χ0n) is 7.51. The number of carbonyl (C=O) groups excluding carboxylic acids is 1. The number of allylic oxidation sites excluding steroid dienone is 1. The van der Waals surface area contributed by atoms with Gasteiger partial charge >= 0.3 is 0 Å². The number of rotatable bonds is 3. The number of Topliss-reactive ketones (excluding diaryl/α,β-unsaturated/α-hetero) is 1. The Balaban J connectivity index is 3.05. The van der Waals surface area contributed by atoms with Gasteiger partial charge < -0.3 is 0 Å². The Bertz CT molecular complexity index is 342. The topological polar surface area (TPSA) is 17.1 Å². The second-order valence-electron chi connectivity index (χ2n) is 2.90. The molecule has 2 heteroatoms. The van der Waals surface area contributed by atoms with Gasteiger partial charge in [0, 0.05) is 16.5 Å². The zero-order chi connectivity index (χ0) is 9.84. The van der Waals surface area contributed by atoms with Crippen molar-refractivity contribution in [3.05, 3.63) is 46.5 Å². The van der Waals surface area contributed by atoms with E-state index in [4.69, 9.17) is 0 Å². The van der Waals surface area contributed by atoms with Gasteiger partial charge in [-0.05, 0) is 19.1 Å². The van der Waals surface area contributed by atoms with Crippen LogP contribution in [0.15, 0.2) is 35.3 Å². The molecule has 0 saturated carbocycles. The van der Waals surface area contributed by atoms with E-state index in [2.05, 4.69) is 22.5 Å². The third kappa shape index (κ3) is 2.52. The molecule has 0 N–H and O–H groups in total. The van der Waals surface area contributed by atoms with E-state index >= 15 is 0 Å². The van der Waals surface area contributed by atoms with Crippen molar-refractivity contribution in [1.82, 2.24) is 0 Å². The summed E-state index contributed by atoms with van der Waals surface area (Å²) < 4.78 is 0.852. The molecule has 1 rings (SSSR count). The summed E-state index contributed by atoms with van der Waals surface area (Å²) in [5, 5.41) is 0. The van der Waals surface area contributed by atoms with Crippen molar-refractivity contribution in [3.8, 4) is 0 Å². The summed E-state index contributed by atoms with van der Waals surface area (Å²) in [6.45, 7) is 5.51. The average molecular weight is 239 g/mol. The average Bonchev–Trinajstić information content (AvgIpc) is 2.09. The minimum Gasteiger partial charge on any atom is -0.294 e. The summed E-state index contributed by atoms with van der Waals surface area (Å²) in [6, 6.07) is 5.75. The standard InChI is InChI=1S/C11H11BrO/c1-3-4-11(13)9-7-8(2)5-6-10(9)12/h3,5-7H,1,4H2,2H3. The Labute approximate surface area is 86.6 Å². The Kier molecular flexibility index (Phi) is 3.43. The van der Waals surface area contributed by atoms with Gasteiger partial charge in [0.05, 0.1) is 0 Å². The lowest BCUT2D eigenvalue weighted by Crippen LogP contribution is -1.98. The summed E-state index contributed by atoms with van der Waals surface area (Å²) in [7, 11) is 0. The summed E-state index contributed by atoms with van der Waals surface area (Å²) in [4.78, 5) is 11.5. The lowest BCUT2D eigenvalue weighted by atomic mass is 10.1. The molecular weight excluding hydrogens is 228 g/mol. The van der Waals surface area contributed by atoms with Crippen LogP contribution in [0.4, 0.5) is 0 Å². The van der Waals surface area contributed by atoms with Gasteiger partial charge in [-0.1, -0.05) is 33.6 Å². The Morgan fingerprint density at radius 3 is 2.92 bits per heavy atom. The van der Waals surface area contributed by atoms with Crippen LogP contribution >= 0.6 is 15.9 Å². The molecule has 0 amide bonds. The predicted molar refractivity (Wildman–Crippen MR) is 58.0 cm³/mol. The van der Waals surface area contributed by atoms with Gasteiger partial charge in [-0.15, -0.1) is 6.58 Å². The van der Waals surface area contributed by atoms with E-state index in [9.17, 15) is 4.79 Å². The zero-order valence-corrected chi connectivity index (χ0v) is 9.10. The molecule has 13 heavy (non-hydrogen) atoms. The number of benzene rings is 1. The van der Waals surface area contributed by atoms with Crippen molar-refractivity contribution in [2.75, 3.05) is 0 Å². The highest BCUT2D eigenvalue weighted by Gasteiger charge is 2.07. The van der Waals surface area contributed by atoms with Crippen molar-refractivity contribution in [1.29, 1.82) is 0 Å². The fourth-order valence-corrected chi connectivity index (χ4v) is 1.56. The molecule has 0 aliphatic carbocycles. The molecule has 0 aromatic heterocycles. The number of ketones is 1. The number of halogens is 1. The fraction of sp³-hybridized carbons (Fsp3) is 0.182. The van der Waals surface area contributed by atoms with Crippen molar-refractivity contribution in [3.63, 3.8) is 0 Å². The first-order valence-corrected chi connectivity index (χ1v) is 4.84. The van der Waals surface area contributed by atoms with Gasteiger partial charge in [0.1, 0.15) is 0 Å². The van der Waals surface area contributed by atoms with Crippen molar-refractivity contribution in [2.24, 2.45) is 0 Å². The number of aryl methyl sites for hydroxylation is 1. The smallest absolute Gasteiger partial charge is 0.167 e. The first kappa shape index (κ1) is 10.2. The molecule has 0 aliphatic heterocycles. The molecule has 1 aromatic rings. The summed E-state index contributed by atoms with van der Waals surface area (Å²) in [5.74, 6) is 0.102. The van der Waals surface area contributed by atoms with Crippen LogP contribution in [-0.4, -0.2) is 5.78 Å². The third-order valence-electron chi connectivity index (χ3n) is 1.75. The summed E-state index contributed by atoms with van der Waals surface area (Å²) in [5.41, 5.74) is 1.83. The number of hydrogen-bond donors (Lipinski definition) is 0. The van der Waals surface area contributed by atoms with Gasteiger partial charge in [0.25, 0.3) is 0 Å². The third-order valence-corrected chi connectivity index (χ3v) is 2.44. The number of carbonyl (C=O) groups is 1. The minimum absolute atomic E-state index is 0.102. The van der Waals surface area contributed by atoms with E-state index in [1.807, 2.05) is 25.1 Å². The molecule has 0 radical (unpaired) electrons. The van der Waals surface area contributed by atoms with Crippen molar-refractivity contribution >= 4 is 21.7 Å². The molecule has 1 aromatic carbocycles. The SMILES string of the molecule is C=CCC(=O)c1cc(C)ccc1Br.